The molecule has 4 heterocycles. The predicted molar refractivity (Wildman–Crippen MR) is 122 cm³/mol. The van der Waals surface area contributed by atoms with E-state index in [9.17, 15) is 9.59 Å². The molecule has 1 amide bonds. The highest BCUT2D eigenvalue weighted by Gasteiger charge is 2.34. The Bertz CT molecular complexity index is 1080. The van der Waals surface area contributed by atoms with Gasteiger partial charge in [-0.05, 0) is 57.7 Å². The Kier molecular flexibility index (Phi) is 5.48. The fourth-order valence-electron chi connectivity index (χ4n) is 3.78. The van der Waals surface area contributed by atoms with E-state index < -0.39 is 0 Å². The number of carbonyl (C=O) groups is 1. The molecule has 2 aliphatic rings. The number of thiocarbonyl (C=S) groups is 1. The van der Waals surface area contributed by atoms with E-state index in [1.54, 1.807) is 21.6 Å². The van der Waals surface area contributed by atoms with Gasteiger partial charge in [-0.1, -0.05) is 30.0 Å². The Morgan fingerprint density at radius 2 is 1.90 bits per heavy atom. The Morgan fingerprint density at radius 3 is 2.55 bits per heavy atom. The molecule has 0 bridgehead atoms. The number of amides is 1. The second-order valence-electron chi connectivity index (χ2n) is 7.78. The predicted octanol–water partition coefficient (Wildman–Crippen LogP) is 3.60. The largest absolute Gasteiger partial charge is 0.356 e. The number of thioether (sulfide) groups is 1. The van der Waals surface area contributed by atoms with Crippen LogP contribution in [0.25, 0.3) is 11.7 Å². The molecule has 0 N–H and O–H groups in total. The Hall–Kier alpha value is -2.19. The van der Waals surface area contributed by atoms with Crippen LogP contribution in [0.3, 0.4) is 0 Å². The molecule has 2 aliphatic heterocycles. The van der Waals surface area contributed by atoms with Gasteiger partial charge in [-0.15, -0.1) is 0 Å². The van der Waals surface area contributed by atoms with Gasteiger partial charge in [-0.25, -0.2) is 4.98 Å². The highest BCUT2D eigenvalue weighted by molar-refractivity contribution is 8.26. The van der Waals surface area contributed by atoms with Crippen LogP contribution in [0.5, 0.6) is 0 Å². The van der Waals surface area contributed by atoms with E-state index >= 15 is 0 Å². The van der Waals surface area contributed by atoms with Gasteiger partial charge in [0.25, 0.3) is 11.5 Å². The molecular weight excluding hydrogens is 404 g/mol. The monoisotopic (exact) mass is 428 g/mol. The first-order chi connectivity index (χ1) is 13.9. The van der Waals surface area contributed by atoms with Crippen molar-refractivity contribution in [2.75, 3.05) is 18.0 Å². The third-order valence-corrected chi connectivity index (χ3v) is 6.59. The van der Waals surface area contributed by atoms with E-state index in [4.69, 9.17) is 17.2 Å². The molecule has 0 aromatic carbocycles. The Balaban J connectivity index is 1.90. The molecule has 2 fully saturated rings. The number of carbonyl (C=O) groups excluding carboxylic acids is 1. The number of anilines is 1. The lowest BCUT2D eigenvalue weighted by Gasteiger charge is -2.29. The number of piperidine rings is 1. The highest BCUT2D eigenvalue weighted by Crippen LogP contribution is 2.35. The van der Waals surface area contributed by atoms with Crippen LogP contribution in [0.1, 0.15) is 44.2 Å². The van der Waals surface area contributed by atoms with Gasteiger partial charge in [-0.2, -0.15) is 0 Å². The van der Waals surface area contributed by atoms with Crippen molar-refractivity contribution in [2.24, 2.45) is 0 Å². The van der Waals surface area contributed by atoms with Crippen molar-refractivity contribution in [1.29, 1.82) is 0 Å². The quantitative estimate of drug-likeness (QED) is 0.550. The summed E-state index contributed by atoms with van der Waals surface area (Å²) in [4.78, 5) is 35.4. The highest BCUT2D eigenvalue weighted by atomic mass is 32.2. The van der Waals surface area contributed by atoms with Gasteiger partial charge in [-0.3, -0.25) is 18.9 Å². The molecule has 0 spiro atoms. The van der Waals surface area contributed by atoms with Gasteiger partial charge in [0.05, 0.1) is 10.5 Å². The molecule has 0 aliphatic carbocycles. The zero-order valence-electron chi connectivity index (χ0n) is 16.8. The Labute approximate surface area is 179 Å². The molecule has 0 atom stereocenters. The lowest BCUT2D eigenvalue weighted by Crippen LogP contribution is -2.35. The van der Waals surface area contributed by atoms with Crippen LogP contribution in [0.4, 0.5) is 5.82 Å². The molecular formula is C21H24N4O2S2. The van der Waals surface area contributed by atoms with E-state index in [1.165, 1.54) is 18.2 Å². The van der Waals surface area contributed by atoms with E-state index in [2.05, 4.69) is 4.90 Å². The zero-order chi connectivity index (χ0) is 20.7. The summed E-state index contributed by atoms with van der Waals surface area (Å²) in [6, 6.07) is 3.80. The van der Waals surface area contributed by atoms with Gasteiger partial charge in [0.2, 0.25) is 0 Å². The van der Waals surface area contributed by atoms with Gasteiger partial charge in [0, 0.05) is 25.3 Å². The van der Waals surface area contributed by atoms with Crippen molar-refractivity contribution in [3.8, 4) is 0 Å². The number of hydrogen-bond acceptors (Lipinski definition) is 6. The topological polar surface area (TPSA) is 57.9 Å². The van der Waals surface area contributed by atoms with Gasteiger partial charge >= 0.3 is 0 Å². The van der Waals surface area contributed by atoms with Crippen LogP contribution >= 0.6 is 24.0 Å². The van der Waals surface area contributed by atoms with E-state index in [1.807, 2.05) is 32.9 Å². The zero-order valence-corrected chi connectivity index (χ0v) is 18.5. The summed E-state index contributed by atoms with van der Waals surface area (Å²) in [5.41, 5.74) is 1.89. The van der Waals surface area contributed by atoms with Crippen molar-refractivity contribution in [1.82, 2.24) is 14.3 Å². The summed E-state index contributed by atoms with van der Waals surface area (Å²) in [6.07, 6.45) is 6.81. The molecule has 0 unspecified atom stereocenters. The standard InChI is InChI=1S/C21H24N4O2S2/c1-13(2)25-20(27)16(29-21(25)28)11-15-18(23-9-5-4-6-10-23)22-17-8-7-14(3)12-24(17)19(15)26/h7-8,11-13H,4-6,9-10H2,1-3H3. The third-order valence-electron chi connectivity index (χ3n) is 5.26. The minimum atomic E-state index is -0.158. The average molecular weight is 429 g/mol. The molecule has 8 heteroatoms. The van der Waals surface area contributed by atoms with Crippen molar-refractivity contribution in [2.45, 2.75) is 46.1 Å². The maximum absolute atomic E-state index is 13.4. The molecule has 29 heavy (non-hydrogen) atoms. The van der Waals surface area contributed by atoms with Crippen LogP contribution in [-0.2, 0) is 4.79 Å². The van der Waals surface area contributed by atoms with Crippen molar-refractivity contribution >= 4 is 51.7 Å². The lowest BCUT2D eigenvalue weighted by atomic mass is 10.1. The SMILES string of the molecule is Cc1ccc2nc(N3CCCCC3)c(C=C3SC(=S)N(C(C)C)C3=O)c(=O)n2c1. The van der Waals surface area contributed by atoms with Gasteiger partial charge < -0.3 is 4.90 Å². The number of nitrogens with zero attached hydrogens (tertiary/aromatic N) is 4. The Morgan fingerprint density at radius 1 is 1.17 bits per heavy atom. The summed E-state index contributed by atoms with van der Waals surface area (Å²) in [7, 11) is 0. The van der Waals surface area contributed by atoms with Crippen molar-refractivity contribution in [3.63, 3.8) is 0 Å². The molecule has 0 saturated carbocycles. The smallest absolute Gasteiger partial charge is 0.267 e. The minimum absolute atomic E-state index is 0.0200. The maximum Gasteiger partial charge on any atom is 0.267 e. The summed E-state index contributed by atoms with van der Waals surface area (Å²) < 4.78 is 2.10. The number of aromatic nitrogens is 2. The van der Waals surface area contributed by atoms with E-state index in [0.29, 0.717) is 26.3 Å². The summed E-state index contributed by atoms with van der Waals surface area (Å²) >= 11 is 6.64. The second kappa shape index (κ2) is 7.91. The number of fused-ring (bicyclic) bond motifs is 1. The molecule has 152 valence electrons. The fraction of sp³-hybridized carbons (Fsp3) is 0.429. The number of pyridine rings is 1. The first kappa shape index (κ1) is 20.1. The lowest BCUT2D eigenvalue weighted by molar-refractivity contribution is -0.123. The van der Waals surface area contributed by atoms with Gasteiger partial charge in [0.15, 0.2) is 0 Å². The minimum Gasteiger partial charge on any atom is -0.356 e. The summed E-state index contributed by atoms with van der Waals surface area (Å²) in [6.45, 7) is 7.53. The molecule has 2 saturated heterocycles. The molecule has 6 nitrogen and oxygen atoms in total. The maximum atomic E-state index is 13.4. The fourth-order valence-corrected chi connectivity index (χ4v) is 5.28. The van der Waals surface area contributed by atoms with Crippen LogP contribution < -0.4 is 10.5 Å². The number of rotatable bonds is 3. The summed E-state index contributed by atoms with van der Waals surface area (Å²) in [5, 5.41) is 0. The first-order valence-electron chi connectivity index (χ1n) is 9.92. The normalized spacial score (nSPS) is 19.2. The molecule has 0 radical (unpaired) electrons. The van der Waals surface area contributed by atoms with Crippen LogP contribution in [0, 0.1) is 6.92 Å². The van der Waals surface area contributed by atoms with Gasteiger partial charge in [0.1, 0.15) is 15.8 Å². The average Bonchev–Trinajstić information content (AvgIpc) is 2.98. The van der Waals surface area contributed by atoms with Crippen molar-refractivity contribution in [3.05, 3.63) is 44.7 Å². The molecule has 2 aromatic rings. The first-order valence-corrected chi connectivity index (χ1v) is 11.1. The van der Waals surface area contributed by atoms with Crippen LogP contribution in [-0.4, -0.2) is 43.6 Å². The molecule has 4 rings (SSSR count). The van der Waals surface area contributed by atoms with Crippen molar-refractivity contribution < 1.29 is 4.79 Å². The summed E-state index contributed by atoms with van der Waals surface area (Å²) in [5.74, 6) is 0.515. The number of hydrogen-bond donors (Lipinski definition) is 0. The number of aryl methyl sites for hydroxylation is 1. The van der Waals surface area contributed by atoms with E-state index in [0.717, 1.165) is 31.5 Å². The van der Waals surface area contributed by atoms with Crippen LogP contribution in [0.15, 0.2) is 28.0 Å². The second-order valence-corrected chi connectivity index (χ2v) is 9.46. The van der Waals surface area contributed by atoms with E-state index in [-0.39, 0.29) is 17.5 Å². The van der Waals surface area contributed by atoms with Crippen LogP contribution in [0.2, 0.25) is 0 Å². The third kappa shape index (κ3) is 3.71. The molecule has 2 aromatic heterocycles.